The molecule has 1 heterocycles. The Labute approximate surface area is 144 Å². The lowest BCUT2D eigenvalue weighted by Crippen LogP contribution is -2.54. The molecule has 1 aliphatic heterocycles. The number of epoxide rings is 1. The summed E-state index contributed by atoms with van der Waals surface area (Å²) in [5, 5.41) is 10.1. The van der Waals surface area contributed by atoms with Gasteiger partial charge >= 0.3 is 0 Å². The van der Waals surface area contributed by atoms with E-state index in [2.05, 4.69) is 19.9 Å². The van der Waals surface area contributed by atoms with Crippen molar-refractivity contribution >= 4 is 5.78 Å². The molecule has 5 rings (SSSR count). The SMILES string of the molecule is CC(=O)[C@@]12O[C@H]1C[C@H]1[C@@H]3CC=C4C[C@@H](O)CC[C@]4(C)[C@H]3CC[C@@]12C. The Morgan fingerprint density at radius 2 is 2.04 bits per heavy atom. The van der Waals surface area contributed by atoms with Gasteiger partial charge in [-0.05, 0) is 75.0 Å². The van der Waals surface area contributed by atoms with Crippen LogP contribution in [0.5, 0.6) is 0 Å². The third kappa shape index (κ3) is 1.60. The summed E-state index contributed by atoms with van der Waals surface area (Å²) in [6, 6.07) is 0. The van der Waals surface area contributed by atoms with Crippen molar-refractivity contribution in [3.63, 3.8) is 0 Å². The van der Waals surface area contributed by atoms with Gasteiger partial charge in [0.25, 0.3) is 0 Å². The van der Waals surface area contributed by atoms with Crippen LogP contribution in [-0.2, 0) is 9.53 Å². The van der Waals surface area contributed by atoms with Crippen LogP contribution in [0.15, 0.2) is 11.6 Å². The number of rotatable bonds is 1. The predicted molar refractivity (Wildman–Crippen MR) is 91.4 cm³/mol. The summed E-state index contributed by atoms with van der Waals surface area (Å²) in [5.74, 6) is 2.31. The molecule has 3 saturated carbocycles. The first-order valence-corrected chi connectivity index (χ1v) is 9.89. The fourth-order valence-corrected chi connectivity index (χ4v) is 7.71. The van der Waals surface area contributed by atoms with Crippen LogP contribution in [0.1, 0.15) is 65.7 Å². The first-order valence-electron chi connectivity index (χ1n) is 9.89. The Morgan fingerprint density at radius 3 is 2.79 bits per heavy atom. The van der Waals surface area contributed by atoms with Crippen LogP contribution in [-0.4, -0.2) is 28.7 Å². The van der Waals surface area contributed by atoms with Crippen molar-refractivity contribution in [3.8, 4) is 0 Å². The second-order valence-corrected chi connectivity index (χ2v) is 9.75. The van der Waals surface area contributed by atoms with Crippen molar-refractivity contribution < 1.29 is 14.6 Å². The summed E-state index contributed by atoms with van der Waals surface area (Å²) in [5.41, 5.74) is 1.39. The summed E-state index contributed by atoms with van der Waals surface area (Å²) in [6.07, 6.45) is 10.0. The first kappa shape index (κ1) is 15.6. The normalized spacial score (nSPS) is 58.0. The van der Waals surface area contributed by atoms with Gasteiger partial charge in [0, 0.05) is 5.41 Å². The van der Waals surface area contributed by atoms with E-state index in [0.717, 1.165) is 44.4 Å². The molecule has 4 aliphatic carbocycles. The second kappa shape index (κ2) is 4.54. The lowest BCUT2D eigenvalue weighted by molar-refractivity contribution is -0.135. The standard InChI is InChI=1S/C21H30O3/c1-12(22)21-18(24-21)11-17-15-5-4-13-10-14(23)6-8-19(13,2)16(15)7-9-20(17,21)3/h4,14-18,23H,5-11H2,1-3H3/t14-,15+,16-,17-,18-,19-,20-,21+/m0/s1. The molecule has 0 aromatic carbocycles. The highest BCUT2D eigenvalue weighted by Gasteiger charge is 2.79. The molecule has 0 radical (unpaired) electrons. The van der Waals surface area contributed by atoms with Gasteiger partial charge in [-0.15, -0.1) is 0 Å². The number of Topliss-reactive ketones (excluding diaryl/α,β-unsaturated/α-hetero) is 1. The summed E-state index contributed by atoms with van der Waals surface area (Å²) in [4.78, 5) is 12.4. The smallest absolute Gasteiger partial charge is 0.164 e. The predicted octanol–water partition coefficient (Wildman–Crippen LogP) is 3.65. The Morgan fingerprint density at radius 1 is 1.25 bits per heavy atom. The number of hydrogen-bond donors (Lipinski definition) is 1. The van der Waals surface area contributed by atoms with Gasteiger partial charge < -0.3 is 9.84 Å². The first-order chi connectivity index (χ1) is 11.3. The summed E-state index contributed by atoms with van der Waals surface area (Å²) < 4.78 is 6.00. The van der Waals surface area contributed by atoms with Gasteiger partial charge in [0.1, 0.15) is 0 Å². The highest BCUT2D eigenvalue weighted by atomic mass is 16.6. The summed E-state index contributed by atoms with van der Waals surface area (Å²) in [7, 11) is 0. The highest BCUT2D eigenvalue weighted by Crippen LogP contribution is 2.73. The maximum Gasteiger partial charge on any atom is 0.164 e. The molecule has 3 nitrogen and oxygen atoms in total. The van der Waals surface area contributed by atoms with Crippen molar-refractivity contribution in [2.24, 2.45) is 28.6 Å². The summed E-state index contributed by atoms with van der Waals surface area (Å²) in [6.45, 7) is 6.54. The van der Waals surface area contributed by atoms with Crippen molar-refractivity contribution in [2.75, 3.05) is 0 Å². The van der Waals surface area contributed by atoms with Crippen molar-refractivity contribution in [2.45, 2.75) is 83.5 Å². The third-order valence-corrected chi connectivity index (χ3v) is 9.03. The van der Waals surface area contributed by atoms with E-state index in [0.29, 0.717) is 11.8 Å². The molecule has 5 aliphatic rings. The van der Waals surface area contributed by atoms with Gasteiger partial charge in [0.2, 0.25) is 0 Å². The van der Waals surface area contributed by atoms with Gasteiger partial charge in [0.05, 0.1) is 12.2 Å². The van der Waals surface area contributed by atoms with E-state index in [1.807, 2.05) is 0 Å². The minimum Gasteiger partial charge on any atom is -0.393 e. The average molecular weight is 330 g/mol. The Kier molecular flexibility index (Phi) is 2.94. The van der Waals surface area contributed by atoms with Crippen molar-refractivity contribution in [1.82, 2.24) is 0 Å². The average Bonchev–Trinajstić information content (AvgIpc) is 3.21. The summed E-state index contributed by atoms with van der Waals surface area (Å²) >= 11 is 0. The molecule has 24 heavy (non-hydrogen) atoms. The molecule has 0 unspecified atom stereocenters. The van der Waals surface area contributed by atoms with E-state index < -0.39 is 5.60 Å². The minimum atomic E-state index is -0.448. The zero-order chi connectivity index (χ0) is 16.9. The number of carbonyl (C=O) groups is 1. The van der Waals surface area contributed by atoms with E-state index in [-0.39, 0.29) is 28.8 Å². The van der Waals surface area contributed by atoms with Gasteiger partial charge in [0.15, 0.2) is 11.4 Å². The number of allylic oxidation sites excluding steroid dienone is 1. The van der Waals surface area contributed by atoms with Crippen LogP contribution in [0.2, 0.25) is 0 Å². The lowest BCUT2D eigenvalue weighted by Gasteiger charge is -2.58. The highest BCUT2D eigenvalue weighted by molar-refractivity contribution is 5.90. The van der Waals surface area contributed by atoms with E-state index in [9.17, 15) is 9.90 Å². The number of ketones is 1. The van der Waals surface area contributed by atoms with Crippen molar-refractivity contribution in [1.29, 1.82) is 0 Å². The van der Waals surface area contributed by atoms with Gasteiger partial charge in [-0.2, -0.15) is 0 Å². The molecule has 132 valence electrons. The van der Waals surface area contributed by atoms with Gasteiger partial charge in [-0.25, -0.2) is 0 Å². The van der Waals surface area contributed by atoms with E-state index in [1.54, 1.807) is 6.92 Å². The maximum atomic E-state index is 12.4. The third-order valence-electron chi connectivity index (χ3n) is 9.03. The Bertz CT molecular complexity index is 639. The minimum absolute atomic E-state index is 0.0422. The fraction of sp³-hybridized carbons (Fsp3) is 0.857. The number of aliphatic hydroxyl groups excluding tert-OH is 1. The van der Waals surface area contributed by atoms with Crippen LogP contribution in [0.3, 0.4) is 0 Å². The van der Waals surface area contributed by atoms with Crippen LogP contribution in [0, 0.1) is 28.6 Å². The topological polar surface area (TPSA) is 49.8 Å². The second-order valence-electron chi connectivity index (χ2n) is 9.75. The number of aliphatic hydroxyl groups is 1. The molecule has 4 fully saturated rings. The van der Waals surface area contributed by atoms with Gasteiger partial charge in [-0.1, -0.05) is 25.5 Å². The van der Waals surface area contributed by atoms with Crippen molar-refractivity contribution in [3.05, 3.63) is 11.6 Å². The van der Waals surface area contributed by atoms with Gasteiger partial charge in [-0.3, -0.25) is 4.79 Å². The number of hydrogen-bond acceptors (Lipinski definition) is 3. The Balaban J connectivity index is 1.51. The molecule has 0 spiro atoms. The lowest BCUT2D eigenvalue weighted by atomic mass is 9.47. The molecule has 0 amide bonds. The molecule has 8 atom stereocenters. The maximum absolute atomic E-state index is 12.4. The molecule has 0 aromatic rings. The number of fused-ring (bicyclic) bond motifs is 7. The van der Waals surface area contributed by atoms with Crippen LogP contribution >= 0.6 is 0 Å². The van der Waals surface area contributed by atoms with E-state index in [1.165, 1.54) is 12.0 Å². The Hall–Kier alpha value is -0.670. The fourth-order valence-electron chi connectivity index (χ4n) is 7.71. The molecule has 0 bridgehead atoms. The molecule has 3 heteroatoms. The zero-order valence-electron chi connectivity index (χ0n) is 15.2. The molecule has 1 N–H and O–H groups in total. The molecule has 1 saturated heterocycles. The van der Waals surface area contributed by atoms with Crippen LogP contribution in [0.4, 0.5) is 0 Å². The quantitative estimate of drug-likeness (QED) is 0.590. The van der Waals surface area contributed by atoms with E-state index in [4.69, 9.17) is 4.74 Å². The molecule has 0 aromatic heterocycles. The largest absolute Gasteiger partial charge is 0.393 e. The zero-order valence-corrected chi connectivity index (χ0v) is 15.2. The monoisotopic (exact) mass is 330 g/mol. The number of carbonyl (C=O) groups excluding carboxylic acids is 1. The molecular weight excluding hydrogens is 300 g/mol. The van der Waals surface area contributed by atoms with E-state index >= 15 is 0 Å². The number of ether oxygens (including phenoxy) is 1. The molecular formula is C21H30O3. The van der Waals surface area contributed by atoms with Crippen LogP contribution in [0.25, 0.3) is 0 Å². The van der Waals surface area contributed by atoms with Crippen LogP contribution < -0.4 is 0 Å².